The highest BCUT2D eigenvalue weighted by molar-refractivity contribution is 5.79. The number of benzene rings is 4. The number of rotatable bonds is 8. The fourth-order valence-corrected chi connectivity index (χ4v) is 5.46. The maximum absolute atomic E-state index is 13.1. The van der Waals surface area contributed by atoms with Gasteiger partial charge in [-0.15, -0.1) is 0 Å². The molecule has 0 N–H and O–H groups in total. The molecule has 6 rings (SSSR count). The van der Waals surface area contributed by atoms with Crippen LogP contribution in [-0.2, 0) is 24.4 Å². The Kier molecular flexibility index (Phi) is 7.39. The van der Waals surface area contributed by atoms with E-state index in [1.165, 1.54) is 11.1 Å². The van der Waals surface area contributed by atoms with Crippen molar-refractivity contribution in [3.05, 3.63) is 121 Å². The topological polar surface area (TPSA) is 47.4 Å². The van der Waals surface area contributed by atoms with Crippen molar-refractivity contribution in [2.75, 3.05) is 13.1 Å². The number of piperidine rings is 1. The summed E-state index contributed by atoms with van der Waals surface area (Å²) in [5.74, 6) is 2.49. The first-order valence-electron chi connectivity index (χ1n) is 13.8. The number of carbonyl (C=O) groups is 1. The average Bonchev–Trinajstić information content (AvgIpc) is 3.35. The molecule has 5 aromatic rings. The van der Waals surface area contributed by atoms with Gasteiger partial charge in [0.05, 0.1) is 17.5 Å². The van der Waals surface area contributed by atoms with Crippen LogP contribution in [0.25, 0.3) is 22.2 Å². The number of ether oxygens (including phenoxy) is 1. The third kappa shape index (κ3) is 5.88. The normalized spacial score (nSPS) is 14.0. The molecule has 1 aromatic heterocycles. The van der Waals surface area contributed by atoms with Crippen molar-refractivity contribution in [2.45, 2.75) is 32.4 Å². The number of aromatic nitrogens is 2. The Morgan fingerprint density at radius 1 is 0.769 bits per heavy atom. The van der Waals surface area contributed by atoms with Crippen LogP contribution in [-0.4, -0.2) is 33.4 Å². The predicted octanol–water partition coefficient (Wildman–Crippen LogP) is 6.76. The third-order valence-corrected chi connectivity index (χ3v) is 7.67. The van der Waals surface area contributed by atoms with Crippen molar-refractivity contribution < 1.29 is 9.53 Å². The maximum Gasteiger partial charge on any atom is 0.226 e. The molecule has 0 unspecified atom stereocenters. The predicted molar refractivity (Wildman–Crippen MR) is 155 cm³/mol. The standard InChI is InChI=1S/C34H33N3O2/c38-34(23-26-15-17-29(18-16-26)28-9-3-1-4-10-28)36-21-19-27(20-22-36)24-37-32-14-8-7-13-31(32)35-33(37)25-39-30-11-5-2-6-12-30/h1-18,27H,19-25H2. The van der Waals surface area contributed by atoms with Gasteiger partial charge in [0, 0.05) is 19.6 Å². The van der Waals surface area contributed by atoms with Gasteiger partial charge in [-0.1, -0.05) is 84.9 Å². The first-order chi connectivity index (χ1) is 19.2. The zero-order valence-electron chi connectivity index (χ0n) is 22.1. The molecular formula is C34H33N3O2. The van der Waals surface area contributed by atoms with Crippen molar-refractivity contribution in [1.29, 1.82) is 0 Å². The molecule has 1 aliphatic rings. The molecular weight excluding hydrogens is 482 g/mol. The summed E-state index contributed by atoms with van der Waals surface area (Å²) >= 11 is 0. The number of likely N-dealkylation sites (tertiary alicyclic amines) is 1. The second-order valence-electron chi connectivity index (χ2n) is 10.3. The van der Waals surface area contributed by atoms with Gasteiger partial charge in [-0.05, 0) is 59.7 Å². The molecule has 4 aromatic carbocycles. The number of nitrogens with zero attached hydrogens (tertiary/aromatic N) is 3. The van der Waals surface area contributed by atoms with Crippen LogP contribution >= 0.6 is 0 Å². The van der Waals surface area contributed by atoms with Crippen molar-refractivity contribution in [1.82, 2.24) is 14.5 Å². The van der Waals surface area contributed by atoms with Crippen molar-refractivity contribution >= 4 is 16.9 Å². The monoisotopic (exact) mass is 515 g/mol. The molecule has 1 aliphatic heterocycles. The van der Waals surface area contributed by atoms with E-state index in [0.29, 0.717) is 18.9 Å². The Labute approximate surface area is 229 Å². The van der Waals surface area contributed by atoms with Crippen LogP contribution in [0.1, 0.15) is 24.2 Å². The number of hydrogen-bond donors (Lipinski definition) is 0. The molecule has 1 amide bonds. The van der Waals surface area contributed by atoms with E-state index in [9.17, 15) is 4.79 Å². The molecule has 196 valence electrons. The summed E-state index contributed by atoms with van der Waals surface area (Å²) in [4.78, 5) is 20.0. The fraction of sp³-hybridized carbons (Fsp3) is 0.235. The van der Waals surface area contributed by atoms with E-state index in [4.69, 9.17) is 9.72 Å². The van der Waals surface area contributed by atoms with E-state index in [2.05, 4.69) is 59.2 Å². The zero-order chi connectivity index (χ0) is 26.4. The van der Waals surface area contributed by atoms with Gasteiger partial charge >= 0.3 is 0 Å². The minimum Gasteiger partial charge on any atom is -0.486 e. The Bertz CT molecular complexity index is 1520. The first kappa shape index (κ1) is 24.9. The Hall–Kier alpha value is -4.38. The van der Waals surface area contributed by atoms with Crippen molar-refractivity contribution in [3.8, 4) is 16.9 Å². The van der Waals surface area contributed by atoms with Crippen LogP contribution in [0.5, 0.6) is 5.75 Å². The second-order valence-corrected chi connectivity index (χ2v) is 10.3. The average molecular weight is 516 g/mol. The van der Waals surface area contributed by atoms with Crippen LogP contribution < -0.4 is 4.74 Å². The largest absolute Gasteiger partial charge is 0.486 e. The van der Waals surface area contributed by atoms with Crippen LogP contribution in [0, 0.1) is 5.92 Å². The number of amides is 1. The highest BCUT2D eigenvalue weighted by atomic mass is 16.5. The Morgan fingerprint density at radius 3 is 2.15 bits per heavy atom. The molecule has 39 heavy (non-hydrogen) atoms. The van der Waals surface area contributed by atoms with Gasteiger partial charge in [0.2, 0.25) is 5.91 Å². The molecule has 0 saturated carbocycles. The SMILES string of the molecule is O=C(Cc1ccc(-c2ccccc2)cc1)N1CCC(Cn2c(COc3ccccc3)nc3ccccc32)CC1. The van der Waals surface area contributed by atoms with Gasteiger partial charge in [-0.25, -0.2) is 4.98 Å². The van der Waals surface area contributed by atoms with Crippen molar-refractivity contribution in [2.24, 2.45) is 5.92 Å². The summed E-state index contributed by atoms with van der Waals surface area (Å²) in [5.41, 5.74) is 5.57. The minimum absolute atomic E-state index is 0.214. The number of hydrogen-bond acceptors (Lipinski definition) is 3. The van der Waals surface area contributed by atoms with Gasteiger partial charge in [0.25, 0.3) is 0 Å². The molecule has 0 radical (unpaired) electrons. The van der Waals surface area contributed by atoms with Gasteiger partial charge in [-0.2, -0.15) is 0 Å². The quantitative estimate of drug-likeness (QED) is 0.229. The lowest BCUT2D eigenvalue weighted by molar-refractivity contribution is -0.131. The number of imidazole rings is 1. The lowest BCUT2D eigenvalue weighted by Gasteiger charge is -2.32. The van der Waals surface area contributed by atoms with Crippen LogP contribution in [0.3, 0.4) is 0 Å². The van der Waals surface area contributed by atoms with Gasteiger partial charge < -0.3 is 14.2 Å². The van der Waals surface area contributed by atoms with E-state index in [-0.39, 0.29) is 5.91 Å². The molecule has 1 fully saturated rings. The first-order valence-corrected chi connectivity index (χ1v) is 13.8. The number of fused-ring (bicyclic) bond motifs is 1. The summed E-state index contributed by atoms with van der Waals surface area (Å²) in [5, 5.41) is 0. The molecule has 0 bridgehead atoms. The highest BCUT2D eigenvalue weighted by Gasteiger charge is 2.24. The van der Waals surface area contributed by atoms with Crippen molar-refractivity contribution in [3.63, 3.8) is 0 Å². The molecule has 1 saturated heterocycles. The fourth-order valence-electron chi connectivity index (χ4n) is 5.46. The Morgan fingerprint density at radius 2 is 1.41 bits per heavy atom. The van der Waals surface area contributed by atoms with Gasteiger partial charge in [0.1, 0.15) is 18.2 Å². The number of para-hydroxylation sites is 3. The third-order valence-electron chi connectivity index (χ3n) is 7.67. The molecule has 0 atom stereocenters. The molecule has 5 heteroatoms. The molecule has 5 nitrogen and oxygen atoms in total. The Balaban J connectivity index is 1.06. The van der Waals surface area contributed by atoms with E-state index in [0.717, 1.165) is 60.6 Å². The van der Waals surface area contributed by atoms with E-state index < -0.39 is 0 Å². The van der Waals surface area contributed by atoms with Crippen LogP contribution in [0.2, 0.25) is 0 Å². The van der Waals surface area contributed by atoms with E-state index in [1.54, 1.807) is 0 Å². The summed E-state index contributed by atoms with van der Waals surface area (Å²) in [6, 6.07) is 36.9. The minimum atomic E-state index is 0.214. The summed E-state index contributed by atoms with van der Waals surface area (Å²) in [6.07, 6.45) is 2.43. The number of carbonyl (C=O) groups excluding carboxylic acids is 1. The lowest BCUT2D eigenvalue weighted by Crippen LogP contribution is -2.40. The summed E-state index contributed by atoms with van der Waals surface area (Å²) < 4.78 is 8.37. The van der Waals surface area contributed by atoms with Crippen LogP contribution in [0.15, 0.2) is 109 Å². The lowest BCUT2D eigenvalue weighted by atomic mass is 9.96. The smallest absolute Gasteiger partial charge is 0.226 e. The zero-order valence-corrected chi connectivity index (χ0v) is 22.1. The molecule has 0 aliphatic carbocycles. The summed E-state index contributed by atoms with van der Waals surface area (Å²) in [7, 11) is 0. The van der Waals surface area contributed by atoms with E-state index in [1.807, 2.05) is 59.5 Å². The molecule has 2 heterocycles. The highest BCUT2D eigenvalue weighted by Crippen LogP contribution is 2.25. The maximum atomic E-state index is 13.1. The van der Waals surface area contributed by atoms with E-state index >= 15 is 0 Å². The summed E-state index contributed by atoms with van der Waals surface area (Å²) in [6.45, 7) is 2.91. The molecule has 0 spiro atoms. The van der Waals surface area contributed by atoms with Gasteiger partial charge in [-0.3, -0.25) is 4.79 Å². The second kappa shape index (κ2) is 11.6. The van der Waals surface area contributed by atoms with Crippen LogP contribution in [0.4, 0.5) is 0 Å². The van der Waals surface area contributed by atoms with Gasteiger partial charge in [0.15, 0.2) is 0 Å².